The fourth-order valence-electron chi connectivity index (χ4n) is 3.42. The number of carbonyl (C=O) groups excluding carboxylic acids is 1. The summed E-state index contributed by atoms with van der Waals surface area (Å²) < 4.78 is 43.7. The smallest absolute Gasteiger partial charge is 0.416 e. The Morgan fingerprint density at radius 3 is 2.81 bits per heavy atom. The second-order valence-corrected chi connectivity index (χ2v) is 6.41. The molecular weight excluding hydrogens is 359 g/mol. The number of pyridine rings is 1. The van der Waals surface area contributed by atoms with Crippen molar-refractivity contribution in [1.29, 1.82) is 0 Å². The summed E-state index contributed by atoms with van der Waals surface area (Å²) in [5.41, 5.74) is 2.58. The number of H-pyrrole nitrogens is 1. The Morgan fingerprint density at radius 1 is 1.26 bits per heavy atom. The van der Waals surface area contributed by atoms with Crippen LogP contribution in [-0.2, 0) is 23.9 Å². The molecule has 1 N–H and O–H groups in total. The summed E-state index contributed by atoms with van der Waals surface area (Å²) >= 11 is 0. The molecule has 0 amide bonds. The van der Waals surface area contributed by atoms with Gasteiger partial charge in [-0.3, -0.25) is 0 Å². The number of anilines is 1. The first-order chi connectivity index (χ1) is 12.9. The number of nitrogens with one attached hydrogen (secondary N) is 1. The average molecular weight is 375 g/mol. The van der Waals surface area contributed by atoms with Gasteiger partial charge >= 0.3 is 12.1 Å². The summed E-state index contributed by atoms with van der Waals surface area (Å²) in [5.74, 6) is -0.145. The van der Waals surface area contributed by atoms with Gasteiger partial charge in [0.05, 0.1) is 18.2 Å². The lowest BCUT2D eigenvalue weighted by Crippen LogP contribution is -2.31. The maximum absolute atomic E-state index is 13.0. The molecule has 1 aliphatic rings. The highest BCUT2D eigenvalue weighted by Crippen LogP contribution is 2.33. The van der Waals surface area contributed by atoms with E-state index >= 15 is 0 Å². The third-order valence-corrected chi connectivity index (χ3v) is 4.79. The van der Waals surface area contributed by atoms with Crippen molar-refractivity contribution >= 4 is 22.7 Å². The van der Waals surface area contributed by atoms with Gasteiger partial charge in [-0.25, -0.2) is 9.78 Å². The summed E-state index contributed by atoms with van der Waals surface area (Å²) in [5, 5.41) is 0.865. The van der Waals surface area contributed by atoms with Crippen LogP contribution < -0.4 is 4.90 Å². The first-order valence-corrected chi connectivity index (χ1v) is 8.37. The van der Waals surface area contributed by atoms with Crippen LogP contribution in [0.3, 0.4) is 0 Å². The van der Waals surface area contributed by atoms with Crippen molar-refractivity contribution in [1.82, 2.24) is 9.97 Å². The number of ether oxygens (including phenoxy) is 1. The second-order valence-electron chi connectivity index (χ2n) is 6.41. The first kappa shape index (κ1) is 17.4. The molecule has 0 bridgehead atoms. The van der Waals surface area contributed by atoms with E-state index in [9.17, 15) is 18.0 Å². The molecule has 0 spiro atoms. The number of carbonyl (C=O) groups is 1. The van der Waals surface area contributed by atoms with E-state index in [1.165, 1.54) is 13.3 Å². The van der Waals surface area contributed by atoms with Gasteiger partial charge in [0.2, 0.25) is 0 Å². The van der Waals surface area contributed by atoms with Crippen LogP contribution in [0.5, 0.6) is 0 Å². The van der Waals surface area contributed by atoms with Crippen molar-refractivity contribution < 1.29 is 22.7 Å². The minimum atomic E-state index is -4.41. The molecule has 5 nitrogen and oxygen atoms in total. The Bertz CT molecular complexity index is 1030. The predicted octanol–water partition coefficient (Wildman–Crippen LogP) is 3.93. The molecule has 0 radical (unpaired) electrons. The molecule has 0 atom stereocenters. The fraction of sp³-hybridized carbons (Fsp3) is 0.263. The number of rotatable bonds is 2. The molecular formula is C19H16F3N3O2. The van der Waals surface area contributed by atoms with Crippen molar-refractivity contribution in [2.75, 3.05) is 18.6 Å². The minimum Gasteiger partial charge on any atom is -0.465 e. The number of aromatic amines is 1. The highest BCUT2D eigenvalue weighted by Gasteiger charge is 2.32. The molecule has 3 heterocycles. The lowest BCUT2D eigenvalue weighted by atomic mass is 10.0. The van der Waals surface area contributed by atoms with Crippen LogP contribution in [0.2, 0.25) is 0 Å². The number of fused-ring (bicyclic) bond motifs is 3. The second kappa shape index (κ2) is 6.29. The minimum absolute atomic E-state index is 0.286. The van der Waals surface area contributed by atoms with E-state index in [0.717, 1.165) is 34.3 Å². The zero-order valence-corrected chi connectivity index (χ0v) is 14.4. The Balaban J connectivity index is 1.71. The number of aromatic nitrogens is 2. The van der Waals surface area contributed by atoms with E-state index in [1.807, 2.05) is 11.0 Å². The first-order valence-electron chi connectivity index (χ1n) is 8.37. The molecule has 0 aliphatic carbocycles. The summed E-state index contributed by atoms with van der Waals surface area (Å²) in [6, 6.07) is 7.28. The maximum atomic E-state index is 13.0. The third kappa shape index (κ3) is 3.11. The lowest BCUT2D eigenvalue weighted by molar-refractivity contribution is -0.137. The quantitative estimate of drug-likeness (QED) is 0.690. The number of methoxy groups -OCH3 is 1. The zero-order valence-electron chi connectivity index (χ0n) is 14.4. The van der Waals surface area contributed by atoms with Crippen LogP contribution in [-0.4, -0.2) is 29.6 Å². The van der Waals surface area contributed by atoms with Crippen molar-refractivity contribution in [3.63, 3.8) is 0 Å². The average Bonchev–Trinajstić information content (AvgIpc) is 3.03. The number of alkyl halides is 3. The third-order valence-electron chi connectivity index (χ3n) is 4.79. The van der Waals surface area contributed by atoms with E-state index < -0.39 is 17.7 Å². The molecule has 1 aromatic carbocycles. The monoisotopic (exact) mass is 375 g/mol. The van der Waals surface area contributed by atoms with Gasteiger partial charge in [-0.1, -0.05) is 0 Å². The summed E-state index contributed by atoms with van der Waals surface area (Å²) in [6.45, 7) is 0.965. The molecule has 0 unspecified atom stereocenters. The van der Waals surface area contributed by atoms with Gasteiger partial charge in [-0.05, 0) is 30.3 Å². The van der Waals surface area contributed by atoms with Gasteiger partial charge < -0.3 is 14.6 Å². The molecule has 140 valence electrons. The van der Waals surface area contributed by atoms with E-state index in [1.54, 1.807) is 12.1 Å². The van der Waals surface area contributed by atoms with Crippen LogP contribution in [0.15, 0.2) is 36.5 Å². The van der Waals surface area contributed by atoms with E-state index in [0.29, 0.717) is 25.1 Å². The largest absolute Gasteiger partial charge is 0.465 e. The van der Waals surface area contributed by atoms with Gasteiger partial charge in [-0.15, -0.1) is 0 Å². The number of esters is 1. The van der Waals surface area contributed by atoms with E-state index in [4.69, 9.17) is 4.74 Å². The van der Waals surface area contributed by atoms with Crippen LogP contribution in [0, 0.1) is 0 Å². The number of hydrogen-bond donors (Lipinski definition) is 1. The molecule has 27 heavy (non-hydrogen) atoms. The number of nitrogens with zero attached hydrogens (tertiary/aromatic N) is 2. The van der Waals surface area contributed by atoms with Gasteiger partial charge in [0.25, 0.3) is 0 Å². The van der Waals surface area contributed by atoms with Crippen LogP contribution in [0.25, 0.3) is 10.9 Å². The molecule has 0 saturated heterocycles. The number of halogens is 3. The molecule has 8 heteroatoms. The van der Waals surface area contributed by atoms with Gasteiger partial charge in [0.15, 0.2) is 0 Å². The van der Waals surface area contributed by atoms with Crippen LogP contribution in [0.1, 0.15) is 27.2 Å². The number of hydrogen-bond acceptors (Lipinski definition) is 4. The van der Waals surface area contributed by atoms with Crippen molar-refractivity contribution in [3.05, 3.63) is 58.9 Å². The van der Waals surface area contributed by atoms with E-state index in [2.05, 4.69) is 9.97 Å². The van der Waals surface area contributed by atoms with Crippen molar-refractivity contribution in [2.45, 2.75) is 19.1 Å². The molecule has 1 aliphatic heterocycles. The van der Waals surface area contributed by atoms with Gasteiger partial charge in [0, 0.05) is 47.9 Å². The standard InChI is InChI=1S/C19H16F3N3O2/c1-27-18(26)11-2-3-15-13(8-11)14-10-25(7-5-16(14)24-15)17-9-12(4-6-23-17)19(20,21)22/h2-4,6,8-9,24H,5,7,10H2,1H3. The highest BCUT2D eigenvalue weighted by atomic mass is 19.4. The van der Waals surface area contributed by atoms with Gasteiger partial charge in [0.1, 0.15) is 5.82 Å². The summed E-state index contributed by atoms with van der Waals surface area (Å²) in [4.78, 5) is 21.1. The van der Waals surface area contributed by atoms with Crippen LogP contribution in [0.4, 0.5) is 19.0 Å². The Morgan fingerprint density at radius 2 is 2.07 bits per heavy atom. The normalized spacial score (nSPS) is 14.3. The van der Waals surface area contributed by atoms with Crippen LogP contribution >= 0.6 is 0 Å². The molecule has 2 aromatic heterocycles. The van der Waals surface area contributed by atoms with Crippen molar-refractivity contribution in [2.24, 2.45) is 0 Å². The fourth-order valence-corrected chi connectivity index (χ4v) is 3.42. The number of benzene rings is 1. The molecule has 0 fully saturated rings. The van der Waals surface area contributed by atoms with Crippen molar-refractivity contribution in [3.8, 4) is 0 Å². The zero-order chi connectivity index (χ0) is 19.2. The van der Waals surface area contributed by atoms with Gasteiger partial charge in [-0.2, -0.15) is 13.2 Å². The van der Waals surface area contributed by atoms with E-state index in [-0.39, 0.29) is 5.82 Å². The summed E-state index contributed by atoms with van der Waals surface area (Å²) in [7, 11) is 1.32. The summed E-state index contributed by atoms with van der Waals surface area (Å²) in [6.07, 6.45) is -2.58. The Hall–Kier alpha value is -3.03. The lowest BCUT2D eigenvalue weighted by Gasteiger charge is -2.28. The molecule has 0 saturated carbocycles. The Labute approximate surface area is 152 Å². The maximum Gasteiger partial charge on any atom is 0.416 e. The highest BCUT2D eigenvalue weighted by molar-refractivity contribution is 5.96. The topological polar surface area (TPSA) is 58.2 Å². The molecule has 4 rings (SSSR count). The Kier molecular flexibility index (Phi) is 4.05. The predicted molar refractivity (Wildman–Crippen MR) is 93.6 cm³/mol. The molecule has 3 aromatic rings. The SMILES string of the molecule is COC(=O)c1ccc2[nH]c3c(c2c1)CN(c1cc(C(F)(F)F)ccn1)CC3.